The Labute approximate surface area is 157 Å². The normalized spacial score (nSPS) is 17.2. The number of aromatic nitrogens is 3. The van der Waals surface area contributed by atoms with Crippen LogP contribution in [0.1, 0.15) is 26.7 Å². The molecular weight excluding hydrogens is 355 g/mol. The van der Waals surface area contributed by atoms with Crippen LogP contribution in [0.3, 0.4) is 0 Å². The third kappa shape index (κ3) is 2.98. The summed E-state index contributed by atoms with van der Waals surface area (Å²) in [7, 11) is 0. The molecule has 0 spiro atoms. The van der Waals surface area contributed by atoms with E-state index in [9.17, 15) is 0 Å². The highest BCUT2D eigenvalue weighted by Gasteiger charge is 2.27. The summed E-state index contributed by atoms with van der Waals surface area (Å²) in [5.41, 5.74) is 2.99. The highest BCUT2D eigenvalue weighted by atomic mass is 35.5. The summed E-state index contributed by atoms with van der Waals surface area (Å²) in [5, 5.41) is 1.06. The molecule has 0 unspecified atom stereocenters. The molecule has 1 saturated heterocycles. The molecule has 1 aliphatic heterocycles. The van der Waals surface area contributed by atoms with Crippen molar-refractivity contribution in [2.45, 2.75) is 26.7 Å². The van der Waals surface area contributed by atoms with E-state index in [4.69, 9.17) is 28.2 Å². The fourth-order valence-corrected chi connectivity index (χ4v) is 3.76. The summed E-state index contributed by atoms with van der Waals surface area (Å²) in [4.78, 5) is 11.6. The summed E-state index contributed by atoms with van der Waals surface area (Å²) < 4.78 is 2.05. The fourth-order valence-electron chi connectivity index (χ4n) is 3.35. The van der Waals surface area contributed by atoms with Crippen LogP contribution in [0.4, 0.5) is 5.95 Å². The predicted octanol–water partition coefficient (Wildman–Crippen LogP) is 5.33. The molecule has 3 heterocycles. The third-order valence-electron chi connectivity index (χ3n) is 5.05. The van der Waals surface area contributed by atoms with Crippen LogP contribution in [0.5, 0.6) is 0 Å². The van der Waals surface area contributed by atoms with Gasteiger partial charge in [0.25, 0.3) is 0 Å². The van der Waals surface area contributed by atoms with Crippen LogP contribution in [0, 0.1) is 5.41 Å². The van der Waals surface area contributed by atoms with Gasteiger partial charge in [0.2, 0.25) is 5.95 Å². The SMILES string of the molecule is CC1(C)CCN(c2ncc(-c3cccc(Cl)c3Cl)c3nccn23)CC1. The molecule has 0 N–H and O–H groups in total. The zero-order valence-electron chi connectivity index (χ0n) is 14.3. The molecule has 3 aromatic rings. The Kier molecular flexibility index (Phi) is 4.13. The molecule has 0 radical (unpaired) electrons. The van der Waals surface area contributed by atoms with Gasteiger partial charge in [0.15, 0.2) is 0 Å². The van der Waals surface area contributed by atoms with Gasteiger partial charge in [-0.2, -0.15) is 0 Å². The van der Waals surface area contributed by atoms with E-state index >= 15 is 0 Å². The Hall–Kier alpha value is -1.78. The smallest absolute Gasteiger partial charge is 0.211 e. The Morgan fingerprint density at radius 1 is 1.04 bits per heavy atom. The number of rotatable bonds is 2. The first-order valence-corrected chi connectivity index (χ1v) is 9.23. The third-order valence-corrected chi connectivity index (χ3v) is 5.87. The van der Waals surface area contributed by atoms with Crippen molar-refractivity contribution in [1.82, 2.24) is 14.4 Å². The molecule has 4 nitrogen and oxygen atoms in total. The van der Waals surface area contributed by atoms with E-state index < -0.39 is 0 Å². The van der Waals surface area contributed by atoms with E-state index in [0.717, 1.165) is 48.7 Å². The number of fused-ring (bicyclic) bond motifs is 1. The van der Waals surface area contributed by atoms with Gasteiger partial charge in [0.05, 0.1) is 10.0 Å². The number of hydrogen-bond acceptors (Lipinski definition) is 3. The molecule has 0 saturated carbocycles. The van der Waals surface area contributed by atoms with Crippen LogP contribution < -0.4 is 4.90 Å². The molecule has 1 fully saturated rings. The van der Waals surface area contributed by atoms with Gasteiger partial charge >= 0.3 is 0 Å². The Bertz CT molecular complexity index is 922. The van der Waals surface area contributed by atoms with Gasteiger partial charge in [0, 0.05) is 42.8 Å². The lowest BCUT2D eigenvalue weighted by molar-refractivity contribution is 0.278. The van der Waals surface area contributed by atoms with Crippen molar-refractivity contribution in [1.29, 1.82) is 0 Å². The zero-order chi connectivity index (χ0) is 17.6. The van der Waals surface area contributed by atoms with Gasteiger partial charge in [0.1, 0.15) is 5.65 Å². The summed E-state index contributed by atoms with van der Waals surface area (Å²) in [6.07, 6.45) is 7.93. The van der Waals surface area contributed by atoms with Gasteiger partial charge in [-0.3, -0.25) is 4.40 Å². The fraction of sp³-hybridized carbons (Fsp3) is 0.368. The van der Waals surface area contributed by atoms with Crippen molar-refractivity contribution in [3.05, 3.63) is 46.8 Å². The largest absolute Gasteiger partial charge is 0.342 e. The van der Waals surface area contributed by atoms with Crippen LogP contribution in [0.2, 0.25) is 10.0 Å². The number of benzene rings is 1. The zero-order valence-corrected chi connectivity index (χ0v) is 15.8. The maximum absolute atomic E-state index is 6.41. The summed E-state index contributed by atoms with van der Waals surface area (Å²) in [6.45, 7) is 6.67. The van der Waals surface area contributed by atoms with Crippen molar-refractivity contribution in [2.75, 3.05) is 18.0 Å². The average Bonchev–Trinajstić information content (AvgIpc) is 3.07. The number of nitrogens with zero attached hydrogens (tertiary/aromatic N) is 4. The molecule has 25 heavy (non-hydrogen) atoms. The number of anilines is 1. The van der Waals surface area contributed by atoms with Crippen LogP contribution in [-0.2, 0) is 0 Å². The quantitative estimate of drug-likeness (QED) is 0.607. The number of hydrogen-bond donors (Lipinski definition) is 0. The highest BCUT2D eigenvalue weighted by Crippen LogP contribution is 2.37. The average molecular weight is 375 g/mol. The van der Waals surface area contributed by atoms with Gasteiger partial charge in [-0.15, -0.1) is 0 Å². The van der Waals surface area contributed by atoms with E-state index in [1.165, 1.54) is 0 Å². The molecular formula is C19H20Cl2N4. The number of piperidine rings is 1. The van der Waals surface area contributed by atoms with E-state index in [1.807, 2.05) is 28.9 Å². The molecule has 6 heteroatoms. The van der Waals surface area contributed by atoms with Crippen LogP contribution >= 0.6 is 23.2 Å². The predicted molar refractivity (Wildman–Crippen MR) is 104 cm³/mol. The first kappa shape index (κ1) is 16.7. The van der Waals surface area contributed by atoms with E-state index in [0.29, 0.717) is 15.5 Å². The van der Waals surface area contributed by atoms with E-state index in [-0.39, 0.29) is 0 Å². The van der Waals surface area contributed by atoms with Gasteiger partial charge < -0.3 is 4.90 Å². The molecule has 0 atom stereocenters. The van der Waals surface area contributed by atoms with Gasteiger partial charge in [-0.05, 0) is 24.3 Å². The Balaban J connectivity index is 1.79. The van der Waals surface area contributed by atoms with Crippen molar-refractivity contribution in [3.8, 4) is 11.1 Å². The maximum Gasteiger partial charge on any atom is 0.211 e. The topological polar surface area (TPSA) is 33.4 Å². The van der Waals surface area contributed by atoms with Crippen molar-refractivity contribution in [2.24, 2.45) is 5.41 Å². The summed E-state index contributed by atoms with van der Waals surface area (Å²) in [6, 6.07) is 5.63. The number of halogens is 2. The highest BCUT2D eigenvalue weighted by molar-refractivity contribution is 6.43. The van der Waals surface area contributed by atoms with Crippen LogP contribution in [0.15, 0.2) is 36.8 Å². The minimum absolute atomic E-state index is 0.402. The molecule has 2 aromatic heterocycles. The van der Waals surface area contributed by atoms with Gasteiger partial charge in [-0.1, -0.05) is 49.2 Å². The minimum atomic E-state index is 0.402. The van der Waals surface area contributed by atoms with Crippen molar-refractivity contribution in [3.63, 3.8) is 0 Å². The Morgan fingerprint density at radius 2 is 1.80 bits per heavy atom. The van der Waals surface area contributed by atoms with Crippen LogP contribution in [-0.4, -0.2) is 27.5 Å². The second-order valence-corrected chi connectivity index (χ2v) is 8.13. The first-order chi connectivity index (χ1) is 12.0. The first-order valence-electron chi connectivity index (χ1n) is 8.48. The molecule has 0 aliphatic carbocycles. The van der Waals surface area contributed by atoms with Crippen molar-refractivity contribution >= 4 is 34.8 Å². The van der Waals surface area contributed by atoms with Crippen LogP contribution in [0.25, 0.3) is 16.8 Å². The lowest BCUT2D eigenvalue weighted by Crippen LogP contribution is -2.38. The van der Waals surface area contributed by atoms with E-state index in [2.05, 4.69) is 23.7 Å². The summed E-state index contributed by atoms with van der Waals surface area (Å²) >= 11 is 12.6. The number of imidazole rings is 1. The van der Waals surface area contributed by atoms with Gasteiger partial charge in [-0.25, -0.2) is 9.97 Å². The lowest BCUT2D eigenvalue weighted by Gasteiger charge is -2.37. The summed E-state index contributed by atoms with van der Waals surface area (Å²) in [5.74, 6) is 0.935. The molecule has 0 amide bonds. The molecule has 1 aliphatic rings. The maximum atomic E-state index is 6.41. The van der Waals surface area contributed by atoms with Crippen molar-refractivity contribution < 1.29 is 0 Å². The molecule has 0 bridgehead atoms. The second kappa shape index (κ2) is 6.19. The Morgan fingerprint density at radius 3 is 2.56 bits per heavy atom. The lowest BCUT2D eigenvalue weighted by atomic mass is 9.83. The minimum Gasteiger partial charge on any atom is -0.342 e. The second-order valence-electron chi connectivity index (χ2n) is 7.35. The molecule has 4 rings (SSSR count). The van der Waals surface area contributed by atoms with E-state index in [1.54, 1.807) is 12.3 Å². The standard InChI is InChI=1S/C19H20Cl2N4/c1-19(2)6-9-24(10-7-19)18-23-12-14(17-22-8-11-25(17)18)13-4-3-5-15(20)16(13)21/h3-5,8,11-12H,6-7,9-10H2,1-2H3. The molecule has 1 aromatic carbocycles. The monoisotopic (exact) mass is 374 g/mol. The molecule has 130 valence electrons.